The summed E-state index contributed by atoms with van der Waals surface area (Å²) in [4.78, 5) is 30.8. The molecule has 4 rings (SSSR count). The number of rotatable bonds is 12. The summed E-state index contributed by atoms with van der Waals surface area (Å²) in [6.07, 6.45) is 5.32. The van der Waals surface area contributed by atoms with Crippen LogP contribution >= 0.6 is 11.6 Å². The molecular weight excluding hydrogens is 518 g/mol. The zero-order chi connectivity index (χ0) is 27.8. The smallest absolute Gasteiger partial charge is 0.255 e. The average molecular weight is 550 g/mol. The molecule has 0 bridgehead atoms. The fourth-order valence-corrected chi connectivity index (χ4v) is 4.36. The number of ether oxygens (including phenoxy) is 1. The monoisotopic (exact) mass is 549 g/mol. The molecule has 0 saturated heterocycles. The van der Waals surface area contributed by atoms with E-state index in [9.17, 15) is 9.59 Å². The lowest BCUT2D eigenvalue weighted by atomic mass is 10.1. The van der Waals surface area contributed by atoms with Gasteiger partial charge in [0.2, 0.25) is 5.91 Å². The minimum absolute atomic E-state index is 0.273. The molecule has 204 valence electrons. The lowest BCUT2D eigenvalue weighted by Crippen LogP contribution is -2.17. The Morgan fingerprint density at radius 3 is 2.64 bits per heavy atom. The number of anilines is 2. The predicted octanol–water partition coefficient (Wildman–Crippen LogP) is 5.83. The van der Waals surface area contributed by atoms with Gasteiger partial charge in [-0.3, -0.25) is 19.4 Å². The van der Waals surface area contributed by atoms with E-state index in [-0.39, 0.29) is 11.8 Å². The number of hydroxylamine groups is 1. The van der Waals surface area contributed by atoms with E-state index < -0.39 is 0 Å². The first kappa shape index (κ1) is 27.9. The van der Waals surface area contributed by atoms with E-state index in [0.717, 1.165) is 36.0 Å². The molecular formula is C29H32ClN5O4. The molecule has 4 aromatic rings. The molecule has 9 nitrogen and oxygen atoms in total. The summed E-state index contributed by atoms with van der Waals surface area (Å²) in [5, 5.41) is 12.1. The van der Waals surface area contributed by atoms with Crippen LogP contribution in [0.1, 0.15) is 42.5 Å². The second-order valence-corrected chi connectivity index (χ2v) is 9.81. The maximum Gasteiger partial charge on any atom is 0.255 e. The van der Waals surface area contributed by atoms with Crippen molar-refractivity contribution in [1.29, 1.82) is 0 Å². The molecule has 10 heteroatoms. The van der Waals surface area contributed by atoms with Gasteiger partial charge in [0.1, 0.15) is 12.1 Å². The third-order valence-electron chi connectivity index (χ3n) is 6.30. The van der Waals surface area contributed by atoms with Gasteiger partial charge in [-0.05, 0) is 67.4 Å². The lowest BCUT2D eigenvalue weighted by Gasteiger charge is -2.15. The van der Waals surface area contributed by atoms with Crippen LogP contribution in [0.4, 0.5) is 11.4 Å². The van der Waals surface area contributed by atoms with Crippen molar-refractivity contribution >= 4 is 45.8 Å². The van der Waals surface area contributed by atoms with E-state index in [4.69, 9.17) is 21.5 Å². The highest BCUT2D eigenvalue weighted by molar-refractivity contribution is 6.31. The second-order valence-electron chi connectivity index (χ2n) is 9.37. The zero-order valence-electron chi connectivity index (χ0n) is 22.0. The Bertz CT molecular complexity index is 1450. The summed E-state index contributed by atoms with van der Waals surface area (Å²) >= 11 is 6.34. The number of nitrogens with one attached hydrogen (secondary N) is 2. The van der Waals surface area contributed by atoms with Gasteiger partial charge < -0.3 is 15.0 Å². The van der Waals surface area contributed by atoms with Gasteiger partial charge in [-0.15, -0.1) is 0 Å². The summed E-state index contributed by atoms with van der Waals surface area (Å²) in [5.74, 6) is -0.0366. The van der Waals surface area contributed by atoms with Crippen molar-refractivity contribution in [2.75, 3.05) is 30.9 Å². The Kier molecular flexibility index (Phi) is 9.40. The molecule has 2 amide bonds. The van der Waals surface area contributed by atoms with Gasteiger partial charge >= 0.3 is 0 Å². The summed E-state index contributed by atoms with van der Waals surface area (Å²) < 4.78 is 7.75. The highest BCUT2D eigenvalue weighted by Crippen LogP contribution is 2.30. The molecule has 0 unspecified atom stereocenters. The van der Waals surface area contributed by atoms with E-state index in [2.05, 4.69) is 10.3 Å². The minimum Gasteiger partial charge on any atom is -0.494 e. The van der Waals surface area contributed by atoms with Crippen LogP contribution in [0.25, 0.3) is 16.7 Å². The molecule has 0 aliphatic carbocycles. The quantitative estimate of drug-likeness (QED) is 0.116. The first-order chi connectivity index (χ1) is 18.9. The predicted molar refractivity (Wildman–Crippen MR) is 153 cm³/mol. The Labute approximate surface area is 232 Å². The van der Waals surface area contributed by atoms with Crippen LogP contribution in [0.15, 0.2) is 67.0 Å². The molecule has 0 aliphatic heterocycles. The number of carbonyl (C=O) groups excluding carboxylic acids is 2. The Morgan fingerprint density at radius 1 is 1.03 bits per heavy atom. The standard InChI is InChI=1S/C29H32ClN5O4/c1-34(2)22-12-14-26-25(18-22)31-19-35(26)27-17-21(30)11-13-24(27)32-29(37)20-8-7-9-23(16-20)39-15-6-4-3-5-10-28(36)33-38/h7-9,11-14,16-19,38H,3-6,10,15H2,1-2H3,(H,32,37)(H,33,36). The normalized spacial score (nSPS) is 10.9. The van der Waals surface area contributed by atoms with Crippen molar-refractivity contribution in [3.05, 3.63) is 77.6 Å². The third-order valence-corrected chi connectivity index (χ3v) is 6.54. The van der Waals surface area contributed by atoms with Crippen LogP contribution < -0.4 is 20.4 Å². The van der Waals surface area contributed by atoms with Crippen LogP contribution in [0.3, 0.4) is 0 Å². The number of unbranched alkanes of at least 4 members (excludes halogenated alkanes) is 3. The molecule has 0 saturated carbocycles. The van der Waals surface area contributed by atoms with Crippen LogP contribution in [0, 0.1) is 0 Å². The van der Waals surface area contributed by atoms with E-state index in [1.807, 2.05) is 47.8 Å². The Morgan fingerprint density at radius 2 is 1.85 bits per heavy atom. The molecule has 0 atom stereocenters. The highest BCUT2D eigenvalue weighted by atomic mass is 35.5. The van der Waals surface area contributed by atoms with E-state index in [0.29, 0.717) is 47.2 Å². The Hall–Kier alpha value is -4.08. The van der Waals surface area contributed by atoms with Gasteiger partial charge in [0, 0.05) is 36.8 Å². The van der Waals surface area contributed by atoms with Crippen molar-refractivity contribution in [3.63, 3.8) is 0 Å². The maximum absolute atomic E-state index is 13.2. The van der Waals surface area contributed by atoms with Gasteiger partial charge in [0.05, 0.1) is 29.0 Å². The number of halogens is 1. The van der Waals surface area contributed by atoms with E-state index in [1.54, 1.807) is 48.2 Å². The molecule has 0 spiro atoms. The number of amides is 2. The first-order valence-corrected chi connectivity index (χ1v) is 13.1. The van der Waals surface area contributed by atoms with Crippen molar-refractivity contribution < 1.29 is 19.5 Å². The highest BCUT2D eigenvalue weighted by Gasteiger charge is 2.15. The SMILES string of the molecule is CN(C)c1ccc2c(c1)ncn2-c1cc(Cl)ccc1NC(=O)c1cccc(OCCCCCCC(=O)NO)c1. The van der Waals surface area contributed by atoms with Crippen molar-refractivity contribution in [2.24, 2.45) is 0 Å². The van der Waals surface area contributed by atoms with Gasteiger partial charge in [-0.2, -0.15) is 0 Å². The molecule has 1 aromatic heterocycles. The molecule has 0 fully saturated rings. The fourth-order valence-electron chi connectivity index (χ4n) is 4.19. The number of fused-ring (bicyclic) bond motifs is 1. The number of carbonyl (C=O) groups is 2. The van der Waals surface area contributed by atoms with Crippen LogP contribution in [0.2, 0.25) is 5.02 Å². The summed E-state index contributed by atoms with van der Waals surface area (Å²) in [5.41, 5.74) is 6.18. The summed E-state index contributed by atoms with van der Waals surface area (Å²) in [7, 11) is 3.96. The van der Waals surface area contributed by atoms with E-state index in [1.165, 1.54) is 0 Å². The summed E-state index contributed by atoms with van der Waals surface area (Å²) in [6, 6.07) is 18.4. The second kappa shape index (κ2) is 13.1. The van der Waals surface area contributed by atoms with Gasteiger partial charge in [0.25, 0.3) is 5.91 Å². The lowest BCUT2D eigenvalue weighted by molar-refractivity contribution is -0.129. The molecule has 39 heavy (non-hydrogen) atoms. The molecule has 1 heterocycles. The Balaban J connectivity index is 1.42. The van der Waals surface area contributed by atoms with Gasteiger partial charge in [0.15, 0.2) is 0 Å². The topological polar surface area (TPSA) is 109 Å². The van der Waals surface area contributed by atoms with Crippen molar-refractivity contribution in [3.8, 4) is 11.4 Å². The van der Waals surface area contributed by atoms with Crippen LogP contribution in [0.5, 0.6) is 5.75 Å². The largest absolute Gasteiger partial charge is 0.494 e. The number of aromatic nitrogens is 2. The molecule has 3 aromatic carbocycles. The number of imidazole rings is 1. The van der Waals surface area contributed by atoms with E-state index >= 15 is 0 Å². The van der Waals surface area contributed by atoms with Gasteiger partial charge in [-0.25, -0.2) is 10.5 Å². The van der Waals surface area contributed by atoms with Crippen LogP contribution in [-0.4, -0.2) is 47.3 Å². The first-order valence-electron chi connectivity index (χ1n) is 12.8. The van der Waals surface area contributed by atoms with Crippen molar-refractivity contribution in [2.45, 2.75) is 32.1 Å². The minimum atomic E-state index is -0.371. The number of hydrogen-bond donors (Lipinski definition) is 3. The molecule has 0 aliphatic rings. The number of nitrogens with zero attached hydrogens (tertiary/aromatic N) is 3. The number of hydrogen-bond acceptors (Lipinski definition) is 6. The third kappa shape index (κ3) is 7.28. The average Bonchev–Trinajstić information content (AvgIpc) is 3.36. The molecule has 0 radical (unpaired) electrons. The number of benzene rings is 3. The zero-order valence-corrected chi connectivity index (χ0v) is 22.7. The fraction of sp³-hybridized carbons (Fsp3) is 0.276. The van der Waals surface area contributed by atoms with Crippen molar-refractivity contribution in [1.82, 2.24) is 15.0 Å². The molecule has 3 N–H and O–H groups in total. The maximum atomic E-state index is 13.2. The van der Waals surface area contributed by atoms with Gasteiger partial charge in [-0.1, -0.05) is 30.5 Å². The van der Waals surface area contributed by atoms with Crippen LogP contribution in [-0.2, 0) is 4.79 Å². The summed E-state index contributed by atoms with van der Waals surface area (Å²) in [6.45, 7) is 0.502.